The van der Waals surface area contributed by atoms with Gasteiger partial charge in [-0.05, 0) is 60.7 Å². The number of nitrogens with one attached hydrogen (secondary N) is 1. The number of aryl methyl sites for hydroxylation is 1. The van der Waals surface area contributed by atoms with Gasteiger partial charge in [0, 0.05) is 41.6 Å². The predicted molar refractivity (Wildman–Crippen MR) is 145 cm³/mol. The van der Waals surface area contributed by atoms with Gasteiger partial charge in [-0.15, -0.1) is 0 Å². The van der Waals surface area contributed by atoms with Crippen molar-refractivity contribution in [3.63, 3.8) is 0 Å². The fraction of sp³-hybridized carbons (Fsp3) is 0.0357. The minimum Gasteiger partial charge on any atom is -0.435 e. The van der Waals surface area contributed by atoms with Crippen LogP contribution in [0.5, 0.6) is 11.6 Å². The smallest absolute Gasteiger partial charge is 0.269 e. The van der Waals surface area contributed by atoms with Gasteiger partial charge in [-0.3, -0.25) is 14.2 Å². The Morgan fingerprint density at radius 3 is 2.62 bits per heavy atom. The van der Waals surface area contributed by atoms with Crippen LogP contribution in [0.25, 0.3) is 27.8 Å². The summed E-state index contributed by atoms with van der Waals surface area (Å²) in [6.07, 6.45) is 4.69. The lowest BCUT2D eigenvalue weighted by Crippen LogP contribution is -2.29. The first-order chi connectivity index (χ1) is 18.9. The second kappa shape index (κ2) is 9.66. The molecule has 0 saturated carbocycles. The standard InChI is InChI=1S/C28H18ClFN6O3/c1-35-12-10-20-25(35)32-15-33-27(20)39-23-9-6-18(14-22(23)30)34-26(37)21-13-16-3-2-11-31-24(16)36(28(21)38)19-7-4-17(29)5-8-19/h2-15H,1H3,(H,34,37). The number of carbonyl (C=O) groups is 1. The third-order valence-corrected chi connectivity index (χ3v) is 6.37. The Hall–Kier alpha value is -5.09. The first-order valence-electron chi connectivity index (χ1n) is 11.7. The molecule has 6 rings (SSSR count). The van der Waals surface area contributed by atoms with E-state index in [0.717, 1.165) is 6.07 Å². The fourth-order valence-corrected chi connectivity index (χ4v) is 4.36. The van der Waals surface area contributed by atoms with Crippen LogP contribution in [0.4, 0.5) is 10.1 Å². The van der Waals surface area contributed by atoms with E-state index in [1.54, 1.807) is 59.4 Å². The highest BCUT2D eigenvalue weighted by Gasteiger charge is 2.19. The van der Waals surface area contributed by atoms with Crippen molar-refractivity contribution in [3.05, 3.63) is 112 Å². The number of aromatic nitrogens is 5. The molecule has 11 heteroatoms. The molecule has 6 aromatic rings. The van der Waals surface area contributed by atoms with Gasteiger partial charge in [0.1, 0.15) is 23.2 Å². The molecule has 0 aliphatic rings. The largest absolute Gasteiger partial charge is 0.435 e. The highest BCUT2D eigenvalue weighted by atomic mass is 35.5. The molecule has 1 N–H and O–H groups in total. The highest BCUT2D eigenvalue weighted by Crippen LogP contribution is 2.30. The van der Waals surface area contributed by atoms with Crippen LogP contribution < -0.4 is 15.6 Å². The number of amides is 1. The van der Waals surface area contributed by atoms with Crippen LogP contribution in [0.3, 0.4) is 0 Å². The Balaban J connectivity index is 1.31. The number of pyridine rings is 2. The zero-order valence-corrected chi connectivity index (χ0v) is 21.1. The maximum atomic E-state index is 15.0. The molecule has 4 aromatic heterocycles. The van der Waals surface area contributed by atoms with E-state index in [0.29, 0.717) is 32.8 Å². The summed E-state index contributed by atoms with van der Waals surface area (Å²) >= 11 is 6.01. The number of halogens is 2. The molecule has 9 nitrogen and oxygen atoms in total. The molecule has 4 heterocycles. The quantitative estimate of drug-likeness (QED) is 0.309. The van der Waals surface area contributed by atoms with Crippen molar-refractivity contribution < 1.29 is 13.9 Å². The number of hydrogen-bond acceptors (Lipinski definition) is 6. The van der Waals surface area contributed by atoms with Crippen LogP contribution in [0.1, 0.15) is 10.4 Å². The van der Waals surface area contributed by atoms with Crippen molar-refractivity contribution in [2.75, 3.05) is 5.32 Å². The highest BCUT2D eigenvalue weighted by molar-refractivity contribution is 6.30. The van der Waals surface area contributed by atoms with E-state index >= 15 is 0 Å². The SMILES string of the molecule is Cn1ccc2c(Oc3ccc(NC(=O)c4cc5cccnc5n(-c5ccc(Cl)cc5)c4=O)cc3F)ncnc21. The molecule has 0 aliphatic heterocycles. The number of fused-ring (bicyclic) bond motifs is 2. The van der Waals surface area contributed by atoms with Crippen molar-refractivity contribution in [2.45, 2.75) is 0 Å². The van der Waals surface area contributed by atoms with Crippen LogP contribution >= 0.6 is 11.6 Å². The van der Waals surface area contributed by atoms with Gasteiger partial charge in [0.05, 0.1) is 11.1 Å². The van der Waals surface area contributed by atoms with Gasteiger partial charge in [-0.25, -0.2) is 19.3 Å². The lowest BCUT2D eigenvalue weighted by Gasteiger charge is -2.13. The van der Waals surface area contributed by atoms with E-state index in [1.165, 1.54) is 29.1 Å². The third-order valence-electron chi connectivity index (χ3n) is 6.11. The van der Waals surface area contributed by atoms with Gasteiger partial charge in [0.25, 0.3) is 11.5 Å². The minimum absolute atomic E-state index is 0.0845. The van der Waals surface area contributed by atoms with Gasteiger partial charge in [0.15, 0.2) is 11.6 Å². The van der Waals surface area contributed by atoms with Gasteiger partial charge in [-0.2, -0.15) is 0 Å². The average molecular weight is 541 g/mol. The van der Waals surface area contributed by atoms with Crippen LogP contribution in [-0.4, -0.2) is 30.0 Å². The van der Waals surface area contributed by atoms with E-state index in [9.17, 15) is 14.0 Å². The molecule has 0 atom stereocenters. The number of rotatable bonds is 5. The first-order valence-corrected chi connectivity index (χ1v) is 12.1. The number of benzene rings is 2. The number of hydrogen-bond donors (Lipinski definition) is 1. The molecule has 0 spiro atoms. The molecule has 0 fully saturated rings. The van der Waals surface area contributed by atoms with E-state index < -0.39 is 17.3 Å². The number of ether oxygens (including phenoxy) is 1. The van der Waals surface area contributed by atoms with Crippen molar-refractivity contribution in [1.29, 1.82) is 0 Å². The molecule has 0 radical (unpaired) electrons. The molecule has 0 saturated heterocycles. The maximum Gasteiger partial charge on any atom is 0.269 e. The Bertz CT molecular complexity index is 1950. The lowest BCUT2D eigenvalue weighted by atomic mass is 10.1. The van der Waals surface area contributed by atoms with Gasteiger partial charge in [0.2, 0.25) is 5.88 Å². The zero-order chi connectivity index (χ0) is 27.1. The molecule has 39 heavy (non-hydrogen) atoms. The molecule has 2 aromatic carbocycles. The second-order valence-corrected chi connectivity index (χ2v) is 9.07. The second-order valence-electron chi connectivity index (χ2n) is 8.64. The summed E-state index contributed by atoms with van der Waals surface area (Å²) in [5, 5.41) is 4.30. The summed E-state index contributed by atoms with van der Waals surface area (Å²) in [6.45, 7) is 0. The van der Waals surface area contributed by atoms with Gasteiger partial charge < -0.3 is 14.6 Å². The number of anilines is 1. The molecule has 0 bridgehead atoms. The van der Waals surface area contributed by atoms with Crippen LogP contribution in [0, 0.1) is 5.82 Å². The Morgan fingerprint density at radius 2 is 1.82 bits per heavy atom. The summed E-state index contributed by atoms with van der Waals surface area (Å²) in [4.78, 5) is 39.3. The van der Waals surface area contributed by atoms with Crippen LogP contribution in [0.15, 0.2) is 90.2 Å². The topological polar surface area (TPSA) is 104 Å². The third kappa shape index (κ3) is 4.47. The van der Waals surface area contributed by atoms with E-state index in [4.69, 9.17) is 16.3 Å². The monoisotopic (exact) mass is 540 g/mol. The fourth-order valence-electron chi connectivity index (χ4n) is 4.23. The molecular formula is C28H18ClFN6O3. The lowest BCUT2D eigenvalue weighted by molar-refractivity contribution is 0.102. The summed E-state index contributed by atoms with van der Waals surface area (Å²) < 4.78 is 23.8. The van der Waals surface area contributed by atoms with Crippen LogP contribution in [0.2, 0.25) is 5.02 Å². The molecular weight excluding hydrogens is 523 g/mol. The molecule has 0 aliphatic carbocycles. The van der Waals surface area contributed by atoms with Crippen LogP contribution in [-0.2, 0) is 7.05 Å². The van der Waals surface area contributed by atoms with Crippen molar-refractivity contribution in [3.8, 4) is 17.3 Å². The summed E-state index contributed by atoms with van der Waals surface area (Å²) in [5.74, 6) is -1.32. The number of nitrogens with zero attached hydrogens (tertiary/aromatic N) is 5. The normalized spacial score (nSPS) is 11.2. The van der Waals surface area contributed by atoms with Crippen molar-refractivity contribution in [1.82, 2.24) is 24.1 Å². The molecule has 1 amide bonds. The van der Waals surface area contributed by atoms with Crippen molar-refractivity contribution in [2.24, 2.45) is 7.05 Å². The Labute approximate surface area is 225 Å². The maximum absolute atomic E-state index is 15.0. The molecule has 0 unspecified atom stereocenters. The summed E-state index contributed by atoms with van der Waals surface area (Å²) in [5.41, 5.74) is 0.926. The zero-order valence-electron chi connectivity index (χ0n) is 20.3. The van der Waals surface area contributed by atoms with E-state index in [1.807, 2.05) is 7.05 Å². The molecule has 192 valence electrons. The Morgan fingerprint density at radius 1 is 1.00 bits per heavy atom. The summed E-state index contributed by atoms with van der Waals surface area (Å²) in [6, 6.07) is 17.2. The Kier molecular flexibility index (Phi) is 6.01. The summed E-state index contributed by atoms with van der Waals surface area (Å²) in [7, 11) is 1.83. The first kappa shape index (κ1) is 24.3. The van der Waals surface area contributed by atoms with Gasteiger partial charge >= 0.3 is 0 Å². The van der Waals surface area contributed by atoms with E-state index in [-0.39, 0.29) is 22.9 Å². The van der Waals surface area contributed by atoms with E-state index in [2.05, 4.69) is 20.3 Å². The average Bonchev–Trinajstić information content (AvgIpc) is 3.32. The predicted octanol–water partition coefficient (Wildman–Crippen LogP) is 5.50. The minimum atomic E-state index is -0.725. The number of carbonyl (C=O) groups excluding carboxylic acids is 1. The van der Waals surface area contributed by atoms with Crippen molar-refractivity contribution >= 4 is 45.3 Å². The van der Waals surface area contributed by atoms with Gasteiger partial charge in [-0.1, -0.05) is 11.6 Å².